The molecule has 0 fully saturated rings. The summed E-state index contributed by atoms with van der Waals surface area (Å²) in [6, 6.07) is 0. The third-order valence-electron chi connectivity index (χ3n) is 6.22. The van der Waals surface area contributed by atoms with Gasteiger partial charge in [-0.15, -0.1) is 0 Å². The van der Waals surface area contributed by atoms with Crippen LogP contribution < -0.4 is 0 Å². The molecule has 240 valence electrons. The summed E-state index contributed by atoms with van der Waals surface area (Å²) in [5, 5.41) is 1.20. The molecule has 0 aliphatic carbocycles. The average molecular weight is 637 g/mol. The Labute approximate surface area is 248 Å². The number of hydrogen-bond acceptors (Lipinski definition) is 3. The van der Waals surface area contributed by atoms with Gasteiger partial charge < -0.3 is 3.87 Å². The lowest BCUT2D eigenvalue weighted by molar-refractivity contribution is -0.0504. The topological polar surface area (TPSA) is 43.4 Å². The van der Waals surface area contributed by atoms with E-state index in [1.54, 1.807) is 41.5 Å². The van der Waals surface area contributed by atoms with Crippen molar-refractivity contribution < 1.29 is 25.5 Å². The Hall–Kier alpha value is 0.351. The summed E-state index contributed by atoms with van der Waals surface area (Å²) in [6.45, 7) is 43.7. The Morgan fingerprint density at radius 2 is 0.923 bits per heavy atom. The SMILES string of the molecule is CC(C)(C)[SiH2]C(C)(C)C.CC(C)(C)[SiH](OS(=O)(=O)C(F)(F)F)C(C)(C)C.CCC(C)[SiH](C(C)(C)C)C(C)(C)C. The van der Waals surface area contributed by atoms with Gasteiger partial charge in [-0.3, -0.25) is 0 Å². The number of halogens is 3. The molecular formula is C29H67F3O3SSi3. The standard InChI is InChI=1S/C12H28Si.C9H19F3O3SSi.C8H20Si/c1-9-10(2)13(11(3,4)5)12(6,7)8;1-7(2,3)17(8(4,5)6)15-16(13,14)9(10,11)12;1-7(2,3)9-8(4,5)6/h10,13H,9H2,1-8H3;17H,1-6H3;9H2,1-6H3. The van der Waals surface area contributed by atoms with Crippen molar-refractivity contribution in [1.29, 1.82) is 0 Å². The molecule has 39 heavy (non-hydrogen) atoms. The lowest BCUT2D eigenvalue weighted by Crippen LogP contribution is -2.43. The fourth-order valence-electron chi connectivity index (χ4n) is 6.60. The molecule has 3 nitrogen and oxygen atoms in total. The van der Waals surface area contributed by atoms with Crippen molar-refractivity contribution in [3.8, 4) is 0 Å². The fraction of sp³-hybridized carbons (Fsp3) is 1.00. The Morgan fingerprint density at radius 1 is 0.641 bits per heavy atom. The molecule has 0 aromatic carbocycles. The van der Waals surface area contributed by atoms with Gasteiger partial charge in [0.05, 0.1) is 8.80 Å². The van der Waals surface area contributed by atoms with E-state index in [4.69, 9.17) is 0 Å². The molecule has 0 bridgehead atoms. The third-order valence-corrected chi connectivity index (χ3v) is 19.2. The monoisotopic (exact) mass is 636 g/mol. The lowest BCUT2D eigenvalue weighted by Gasteiger charge is -2.43. The summed E-state index contributed by atoms with van der Waals surface area (Å²) in [5.41, 5.74) is -4.39. The van der Waals surface area contributed by atoms with E-state index in [2.05, 4.69) is 101 Å². The van der Waals surface area contributed by atoms with Crippen molar-refractivity contribution in [3.63, 3.8) is 0 Å². The molecular weight excluding hydrogens is 570 g/mol. The van der Waals surface area contributed by atoms with Gasteiger partial charge in [0.15, 0.2) is 0 Å². The molecule has 0 spiro atoms. The van der Waals surface area contributed by atoms with E-state index < -0.39 is 43.5 Å². The van der Waals surface area contributed by atoms with Crippen molar-refractivity contribution in [1.82, 2.24) is 0 Å². The Kier molecular flexibility index (Phi) is 16.5. The maximum absolute atomic E-state index is 12.3. The molecule has 0 rings (SSSR count). The normalized spacial score (nSPS) is 15.4. The van der Waals surface area contributed by atoms with Crippen molar-refractivity contribution in [3.05, 3.63) is 0 Å². The molecule has 0 heterocycles. The van der Waals surface area contributed by atoms with Gasteiger partial charge in [0.2, 0.25) is 9.04 Å². The Balaban J connectivity index is -0.000000524. The molecule has 0 N–H and O–H groups in total. The van der Waals surface area contributed by atoms with Crippen LogP contribution in [0.5, 0.6) is 0 Å². The first-order chi connectivity index (χ1) is 16.4. The first-order valence-electron chi connectivity index (χ1n) is 14.4. The van der Waals surface area contributed by atoms with Crippen molar-refractivity contribution >= 4 is 37.5 Å². The predicted molar refractivity (Wildman–Crippen MR) is 177 cm³/mol. The van der Waals surface area contributed by atoms with Crippen LogP contribution in [0.15, 0.2) is 0 Å². The summed E-state index contributed by atoms with van der Waals surface area (Å²) >= 11 is 0. The summed E-state index contributed by atoms with van der Waals surface area (Å²) in [6.07, 6.45) is 1.35. The third kappa shape index (κ3) is 20.0. The molecule has 0 aliphatic heterocycles. The van der Waals surface area contributed by atoms with Crippen molar-refractivity contribution in [2.45, 2.75) is 186 Å². The molecule has 0 aromatic heterocycles. The minimum absolute atomic E-state index is 0.0880. The van der Waals surface area contributed by atoms with Crippen molar-refractivity contribution in [2.24, 2.45) is 0 Å². The van der Waals surface area contributed by atoms with E-state index in [1.165, 1.54) is 6.42 Å². The quantitative estimate of drug-likeness (QED) is 0.228. The van der Waals surface area contributed by atoms with Gasteiger partial charge >= 0.3 is 15.6 Å². The molecule has 0 radical (unpaired) electrons. The van der Waals surface area contributed by atoms with Crippen LogP contribution in [-0.4, -0.2) is 41.3 Å². The summed E-state index contributed by atoms with van der Waals surface area (Å²) in [5.74, 6) is 0. The van der Waals surface area contributed by atoms with Gasteiger partial charge in [-0.25, -0.2) is 0 Å². The van der Waals surface area contributed by atoms with Gasteiger partial charge in [-0.2, -0.15) is 21.6 Å². The molecule has 0 saturated carbocycles. The summed E-state index contributed by atoms with van der Waals surface area (Å²) in [4.78, 5) is 0. The zero-order valence-corrected chi connectivity index (χ0v) is 34.0. The van der Waals surface area contributed by atoms with Crippen LogP contribution in [0.2, 0.25) is 35.8 Å². The molecule has 1 atom stereocenters. The zero-order chi connectivity index (χ0) is 32.9. The van der Waals surface area contributed by atoms with Gasteiger partial charge in [-0.05, 0) is 30.2 Å². The zero-order valence-electron chi connectivity index (χ0n) is 29.4. The summed E-state index contributed by atoms with van der Waals surface area (Å²) < 4.78 is 63.4. The smallest absolute Gasteiger partial charge is 0.311 e. The minimum Gasteiger partial charge on any atom is -0.311 e. The van der Waals surface area contributed by atoms with Crippen LogP contribution >= 0.6 is 0 Å². The van der Waals surface area contributed by atoms with Gasteiger partial charge in [0, 0.05) is 9.52 Å². The van der Waals surface area contributed by atoms with Crippen LogP contribution in [0.3, 0.4) is 0 Å². The first kappa shape index (κ1) is 43.8. The van der Waals surface area contributed by atoms with Gasteiger partial charge in [-0.1, -0.05) is 150 Å². The largest absolute Gasteiger partial charge is 0.522 e. The van der Waals surface area contributed by atoms with Gasteiger partial charge in [0.1, 0.15) is 0 Å². The van der Waals surface area contributed by atoms with Crippen molar-refractivity contribution in [2.75, 3.05) is 0 Å². The highest BCUT2D eigenvalue weighted by molar-refractivity contribution is 7.88. The van der Waals surface area contributed by atoms with Crippen LogP contribution in [0.4, 0.5) is 13.2 Å². The van der Waals surface area contributed by atoms with E-state index in [1.807, 2.05) is 0 Å². The highest BCUT2D eigenvalue weighted by atomic mass is 32.2. The average Bonchev–Trinajstić information content (AvgIpc) is 2.51. The van der Waals surface area contributed by atoms with E-state index in [0.29, 0.717) is 20.2 Å². The Morgan fingerprint density at radius 3 is 1.03 bits per heavy atom. The number of hydrogen-bond donors (Lipinski definition) is 0. The van der Waals surface area contributed by atoms with E-state index in [-0.39, 0.29) is 9.52 Å². The maximum Gasteiger partial charge on any atom is 0.522 e. The summed E-state index contributed by atoms with van der Waals surface area (Å²) in [7, 11) is -8.76. The highest BCUT2D eigenvalue weighted by Crippen LogP contribution is 2.48. The fourth-order valence-corrected chi connectivity index (χ4v) is 22.6. The van der Waals surface area contributed by atoms with Crippen LogP contribution in [-0.2, 0) is 14.0 Å². The Bertz CT molecular complexity index is 761. The van der Waals surface area contributed by atoms with E-state index in [0.717, 1.165) is 5.54 Å². The molecule has 0 aliphatic rings. The van der Waals surface area contributed by atoms with Crippen LogP contribution in [0.25, 0.3) is 0 Å². The van der Waals surface area contributed by atoms with Crippen LogP contribution in [0.1, 0.15) is 145 Å². The highest BCUT2D eigenvalue weighted by Gasteiger charge is 2.52. The second-order valence-electron chi connectivity index (χ2n) is 18.0. The van der Waals surface area contributed by atoms with Gasteiger partial charge in [0.25, 0.3) is 0 Å². The molecule has 0 saturated heterocycles. The predicted octanol–water partition coefficient (Wildman–Crippen LogP) is 10.4. The van der Waals surface area contributed by atoms with E-state index in [9.17, 15) is 21.6 Å². The molecule has 0 aromatic rings. The van der Waals surface area contributed by atoms with Crippen LogP contribution in [0, 0.1) is 0 Å². The number of alkyl halides is 3. The second kappa shape index (κ2) is 14.7. The molecule has 1 unspecified atom stereocenters. The first-order valence-corrected chi connectivity index (χ1v) is 20.7. The minimum atomic E-state index is -5.50. The second-order valence-corrected chi connectivity index (χ2v) is 34.5. The number of rotatable bonds is 4. The molecule has 10 heteroatoms. The maximum atomic E-state index is 12.3. The van der Waals surface area contributed by atoms with E-state index >= 15 is 0 Å². The lowest BCUT2D eigenvalue weighted by atomic mass is 10.2. The molecule has 0 amide bonds.